The molecule has 0 bridgehead atoms. The smallest absolute Gasteiger partial charge is 0.255 e. The summed E-state index contributed by atoms with van der Waals surface area (Å²) >= 11 is 0. The Balaban J connectivity index is 2.43. The minimum absolute atomic E-state index is 0.0903. The second-order valence-corrected chi connectivity index (χ2v) is 7.66. The van der Waals surface area contributed by atoms with Crippen molar-refractivity contribution >= 4 is 15.9 Å². The molecule has 1 aromatic carbocycles. The number of hydrogen-bond acceptors (Lipinski definition) is 3. The number of carbonyl (C=O) groups is 1. The molecule has 116 valence electrons. The molecule has 5 nitrogen and oxygen atoms in total. The number of sulfonamides is 1. The number of rotatable bonds is 5. The van der Waals surface area contributed by atoms with E-state index in [1.54, 1.807) is 17.0 Å². The molecule has 0 spiro atoms. The zero-order valence-corrected chi connectivity index (χ0v) is 13.5. The summed E-state index contributed by atoms with van der Waals surface area (Å²) in [6.07, 6.45) is 1.96. The fourth-order valence-corrected chi connectivity index (χ4v) is 3.10. The van der Waals surface area contributed by atoms with Gasteiger partial charge < -0.3 is 4.90 Å². The van der Waals surface area contributed by atoms with Gasteiger partial charge in [0.15, 0.2) is 0 Å². The zero-order chi connectivity index (χ0) is 15.8. The molecule has 1 saturated carbocycles. The Bertz CT molecular complexity index is 649. The van der Waals surface area contributed by atoms with Crippen LogP contribution in [-0.4, -0.2) is 31.8 Å². The number of benzene rings is 1. The van der Waals surface area contributed by atoms with Gasteiger partial charge in [-0.2, -0.15) is 0 Å². The van der Waals surface area contributed by atoms with Gasteiger partial charge in [-0.3, -0.25) is 4.79 Å². The molecular formula is C15H22N2O3S. The van der Waals surface area contributed by atoms with Crippen molar-refractivity contribution in [3.63, 3.8) is 0 Å². The highest BCUT2D eigenvalue weighted by Gasteiger charge is 2.35. The Morgan fingerprint density at radius 2 is 2.00 bits per heavy atom. The van der Waals surface area contributed by atoms with Crippen LogP contribution in [0.3, 0.4) is 0 Å². The van der Waals surface area contributed by atoms with Crippen LogP contribution in [0.2, 0.25) is 0 Å². The van der Waals surface area contributed by atoms with Crippen LogP contribution in [0.1, 0.15) is 42.6 Å². The van der Waals surface area contributed by atoms with Crippen LogP contribution in [-0.2, 0) is 10.0 Å². The predicted molar refractivity (Wildman–Crippen MR) is 81.4 cm³/mol. The quantitative estimate of drug-likeness (QED) is 0.902. The number of aryl methyl sites for hydroxylation is 1. The normalized spacial score (nSPS) is 15.3. The molecular weight excluding hydrogens is 288 g/mol. The molecule has 1 aliphatic rings. The van der Waals surface area contributed by atoms with Crippen LogP contribution in [0.5, 0.6) is 0 Å². The van der Waals surface area contributed by atoms with E-state index in [1.807, 2.05) is 20.8 Å². The van der Waals surface area contributed by atoms with Gasteiger partial charge >= 0.3 is 0 Å². The van der Waals surface area contributed by atoms with E-state index < -0.39 is 10.0 Å². The molecule has 0 unspecified atom stereocenters. The summed E-state index contributed by atoms with van der Waals surface area (Å²) in [7, 11) is -3.91. The van der Waals surface area contributed by atoms with Crippen LogP contribution in [0.15, 0.2) is 23.1 Å². The Labute approximate surface area is 126 Å². The second kappa shape index (κ2) is 5.77. The highest BCUT2D eigenvalue weighted by molar-refractivity contribution is 7.89. The van der Waals surface area contributed by atoms with Crippen molar-refractivity contribution < 1.29 is 13.2 Å². The lowest BCUT2D eigenvalue weighted by Crippen LogP contribution is -2.37. The summed E-state index contributed by atoms with van der Waals surface area (Å²) in [6.45, 7) is 6.54. The zero-order valence-electron chi connectivity index (χ0n) is 12.7. The van der Waals surface area contributed by atoms with E-state index >= 15 is 0 Å². The predicted octanol–water partition coefficient (Wildman–Crippen LogP) is 1.90. The van der Waals surface area contributed by atoms with Crippen molar-refractivity contribution in [1.82, 2.24) is 4.90 Å². The van der Waals surface area contributed by atoms with Gasteiger partial charge in [0.2, 0.25) is 10.0 Å². The number of nitrogens with zero attached hydrogens (tertiary/aromatic N) is 1. The number of hydrogen-bond donors (Lipinski definition) is 1. The van der Waals surface area contributed by atoms with Gasteiger partial charge in [0.05, 0.1) is 10.5 Å². The van der Waals surface area contributed by atoms with Crippen molar-refractivity contribution in [2.75, 3.05) is 6.54 Å². The lowest BCUT2D eigenvalue weighted by Gasteiger charge is -2.25. The maximum atomic E-state index is 12.8. The van der Waals surface area contributed by atoms with Gasteiger partial charge in [0.1, 0.15) is 0 Å². The van der Waals surface area contributed by atoms with Crippen molar-refractivity contribution in [2.24, 2.45) is 11.1 Å². The Kier molecular flexibility index (Phi) is 4.39. The van der Waals surface area contributed by atoms with E-state index in [9.17, 15) is 13.2 Å². The highest BCUT2D eigenvalue weighted by Crippen LogP contribution is 2.30. The molecule has 1 aliphatic carbocycles. The maximum absolute atomic E-state index is 12.8. The van der Waals surface area contributed by atoms with Gasteiger partial charge in [-0.25, -0.2) is 13.6 Å². The molecule has 0 saturated heterocycles. The third-order valence-electron chi connectivity index (χ3n) is 3.48. The van der Waals surface area contributed by atoms with E-state index in [0.717, 1.165) is 18.4 Å². The van der Waals surface area contributed by atoms with Crippen molar-refractivity contribution in [1.29, 1.82) is 0 Å². The maximum Gasteiger partial charge on any atom is 0.255 e. The van der Waals surface area contributed by atoms with E-state index in [0.29, 0.717) is 12.5 Å². The first kappa shape index (κ1) is 16.0. The van der Waals surface area contributed by atoms with Crippen LogP contribution in [0, 0.1) is 12.8 Å². The molecule has 0 aliphatic heterocycles. The molecule has 0 aromatic heterocycles. The minimum Gasteiger partial charge on any atom is -0.335 e. The molecule has 1 fully saturated rings. The minimum atomic E-state index is -3.91. The molecule has 0 heterocycles. The van der Waals surface area contributed by atoms with Crippen molar-refractivity contribution in [3.05, 3.63) is 29.3 Å². The van der Waals surface area contributed by atoms with Crippen molar-refractivity contribution in [2.45, 2.75) is 44.6 Å². The first-order valence-corrected chi connectivity index (χ1v) is 8.69. The Hall–Kier alpha value is -1.40. The highest BCUT2D eigenvalue weighted by atomic mass is 32.2. The third-order valence-corrected chi connectivity index (χ3v) is 4.45. The summed E-state index contributed by atoms with van der Waals surface area (Å²) in [5.41, 5.74) is 1.02. The summed E-state index contributed by atoms with van der Waals surface area (Å²) < 4.78 is 23.4. The molecule has 0 radical (unpaired) electrons. The lowest BCUT2D eigenvalue weighted by molar-refractivity contribution is 0.0718. The van der Waals surface area contributed by atoms with Crippen LogP contribution in [0.4, 0.5) is 0 Å². The number of amides is 1. The SMILES string of the molecule is Cc1ccc(S(N)(=O)=O)c(C(=O)N(CC(C)C)C2CC2)c1. The standard InChI is InChI=1S/C15H22N2O3S/c1-10(2)9-17(12-5-6-12)15(18)13-8-11(3)4-7-14(13)21(16,19)20/h4,7-8,10,12H,5-6,9H2,1-3H3,(H2,16,19,20). The molecule has 2 rings (SSSR count). The fraction of sp³-hybridized carbons (Fsp3) is 0.533. The fourth-order valence-electron chi connectivity index (χ4n) is 2.39. The van der Waals surface area contributed by atoms with Crippen molar-refractivity contribution in [3.8, 4) is 0 Å². The number of nitrogens with two attached hydrogens (primary N) is 1. The topological polar surface area (TPSA) is 80.5 Å². The molecule has 6 heteroatoms. The van der Waals surface area contributed by atoms with Crippen LogP contribution in [0.25, 0.3) is 0 Å². The first-order valence-electron chi connectivity index (χ1n) is 7.14. The molecule has 1 aromatic rings. The van der Waals surface area contributed by atoms with E-state index in [1.165, 1.54) is 6.07 Å². The Morgan fingerprint density at radius 1 is 1.38 bits per heavy atom. The summed E-state index contributed by atoms with van der Waals surface area (Å²) in [4.78, 5) is 14.5. The monoisotopic (exact) mass is 310 g/mol. The van der Waals surface area contributed by atoms with Gasteiger partial charge in [-0.15, -0.1) is 0 Å². The van der Waals surface area contributed by atoms with Gasteiger partial charge in [-0.05, 0) is 37.8 Å². The Morgan fingerprint density at radius 3 is 2.48 bits per heavy atom. The summed E-state index contributed by atoms with van der Waals surface area (Å²) in [5.74, 6) is 0.0937. The second-order valence-electron chi connectivity index (χ2n) is 6.13. The third kappa shape index (κ3) is 3.83. The molecule has 21 heavy (non-hydrogen) atoms. The van der Waals surface area contributed by atoms with Crippen LogP contribution < -0.4 is 5.14 Å². The number of carbonyl (C=O) groups excluding carboxylic acids is 1. The largest absolute Gasteiger partial charge is 0.335 e. The van der Waals surface area contributed by atoms with Gasteiger partial charge in [0, 0.05) is 12.6 Å². The van der Waals surface area contributed by atoms with E-state index in [4.69, 9.17) is 5.14 Å². The van der Waals surface area contributed by atoms with Gasteiger partial charge in [0.25, 0.3) is 5.91 Å². The molecule has 2 N–H and O–H groups in total. The van der Waals surface area contributed by atoms with Crippen LogP contribution >= 0.6 is 0 Å². The van der Waals surface area contributed by atoms with Gasteiger partial charge in [-0.1, -0.05) is 25.5 Å². The van der Waals surface area contributed by atoms with E-state index in [-0.39, 0.29) is 22.4 Å². The average molecular weight is 310 g/mol. The average Bonchev–Trinajstić information content (AvgIpc) is 3.17. The van der Waals surface area contributed by atoms with E-state index in [2.05, 4.69) is 0 Å². The number of primary sulfonamides is 1. The first-order chi connectivity index (χ1) is 9.70. The summed E-state index contributed by atoms with van der Waals surface area (Å²) in [6, 6.07) is 4.91. The molecule has 1 amide bonds. The lowest BCUT2D eigenvalue weighted by atomic mass is 10.1. The molecule has 0 atom stereocenters. The summed E-state index contributed by atoms with van der Waals surface area (Å²) in [5, 5.41) is 5.24.